The molecule has 258 valence electrons. The van der Waals surface area contributed by atoms with Crippen LogP contribution >= 0.6 is 11.3 Å². The second kappa shape index (κ2) is 11.7. The van der Waals surface area contributed by atoms with E-state index < -0.39 is 0 Å². The number of nitrogens with zero attached hydrogens (tertiary/aromatic N) is 3. The first-order chi connectivity index (χ1) is 27.2. The van der Waals surface area contributed by atoms with Gasteiger partial charge >= 0.3 is 0 Å². The Morgan fingerprint density at radius 1 is 0.436 bits per heavy atom. The predicted octanol–water partition coefficient (Wildman–Crippen LogP) is 14.3. The summed E-state index contributed by atoms with van der Waals surface area (Å²) >= 11 is 1.83. The molecule has 55 heavy (non-hydrogen) atoms. The predicted molar refractivity (Wildman–Crippen MR) is 229 cm³/mol. The van der Waals surface area contributed by atoms with Gasteiger partial charge < -0.3 is 18.3 Å². The fraction of sp³-hybridized carbons (Fsp3) is 0. The van der Waals surface area contributed by atoms with Gasteiger partial charge in [0.2, 0.25) is 5.89 Å². The van der Waals surface area contributed by atoms with E-state index in [0.29, 0.717) is 5.89 Å². The van der Waals surface area contributed by atoms with Gasteiger partial charge in [0.15, 0.2) is 5.58 Å². The Kier molecular flexibility index (Phi) is 6.44. The molecule has 4 heterocycles. The van der Waals surface area contributed by atoms with Gasteiger partial charge in [-0.05, 0) is 84.9 Å². The summed E-state index contributed by atoms with van der Waals surface area (Å²) < 4.78 is 17.8. The molecule has 0 radical (unpaired) electrons. The lowest BCUT2D eigenvalue weighted by Gasteiger charge is -2.26. The van der Waals surface area contributed by atoms with Crippen LogP contribution in [0.5, 0.6) is 0 Å². The van der Waals surface area contributed by atoms with Gasteiger partial charge in [0.05, 0.1) is 11.0 Å². The molecule has 0 bridgehead atoms. The smallest absolute Gasteiger partial charge is 0.227 e. The van der Waals surface area contributed by atoms with Crippen LogP contribution in [-0.4, -0.2) is 9.55 Å². The molecule has 0 aliphatic heterocycles. The molecule has 0 saturated carbocycles. The highest BCUT2D eigenvalue weighted by Crippen LogP contribution is 2.44. The van der Waals surface area contributed by atoms with E-state index >= 15 is 0 Å². The van der Waals surface area contributed by atoms with Crippen LogP contribution in [0.3, 0.4) is 0 Å². The van der Waals surface area contributed by atoms with Crippen molar-refractivity contribution >= 4 is 103 Å². The standard InChI is InChI=1S/C49H29N3O2S/c1-3-11-30(12-4-1)49-50-41-29-45-39(28-46(41)54-49)37-23-20-34(27-44(37)53-45)51(32-21-24-48-40(25-32)38-16-8-10-18-47(38)55-48)33-19-22-36-35-15-7-9-17-42(35)52(43(36)26-33)31-13-5-2-6-14-31/h1-29H. The summed E-state index contributed by atoms with van der Waals surface area (Å²) in [6.45, 7) is 0. The molecule has 0 atom stereocenters. The summed E-state index contributed by atoms with van der Waals surface area (Å²) in [4.78, 5) is 7.16. The SMILES string of the molecule is c1ccc(-c2nc3cc4oc5cc(N(c6ccc7sc8ccccc8c7c6)c6ccc7c8ccccc8n(-c8ccccc8)c7c6)ccc5c4cc3o2)cc1. The molecule has 0 spiro atoms. The molecule has 0 N–H and O–H groups in total. The molecular formula is C49H29N3O2S. The summed E-state index contributed by atoms with van der Waals surface area (Å²) in [5.41, 5.74) is 10.6. The van der Waals surface area contributed by atoms with Gasteiger partial charge in [0.1, 0.15) is 16.7 Å². The minimum absolute atomic E-state index is 0.601. The minimum Gasteiger partial charge on any atom is -0.456 e. The van der Waals surface area contributed by atoms with Crippen LogP contribution in [0.1, 0.15) is 0 Å². The molecule has 8 aromatic carbocycles. The summed E-state index contributed by atoms with van der Waals surface area (Å²) in [7, 11) is 0. The first kappa shape index (κ1) is 30.3. The van der Waals surface area contributed by atoms with Gasteiger partial charge in [-0.25, -0.2) is 4.98 Å². The molecule has 4 aromatic heterocycles. The molecule has 0 amide bonds. The highest BCUT2D eigenvalue weighted by Gasteiger charge is 2.21. The van der Waals surface area contributed by atoms with Crippen LogP contribution in [0, 0.1) is 0 Å². The Labute approximate surface area is 318 Å². The van der Waals surface area contributed by atoms with E-state index in [4.69, 9.17) is 13.8 Å². The molecule has 12 rings (SSSR count). The number of thiophene rings is 1. The monoisotopic (exact) mass is 723 g/mol. The largest absolute Gasteiger partial charge is 0.456 e. The first-order valence-electron chi connectivity index (χ1n) is 18.4. The summed E-state index contributed by atoms with van der Waals surface area (Å²) in [5.74, 6) is 0.601. The lowest BCUT2D eigenvalue weighted by Crippen LogP contribution is -2.10. The molecule has 5 nitrogen and oxygen atoms in total. The number of benzene rings is 8. The molecule has 6 heteroatoms. The van der Waals surface area contributed by atoms with E-state index in [0.717, 1.165) is 66.9 Å². The molecule has 0 unspecified atom stereocenters. The Hall–Kier alpha value is -7.15. The normalized spacial score (nSPS) is 12.0. The highest BCUT2D eigenvalue weighted by atomic mass is 32.1. The van der Waals surface area contributed by atoms with E-state index in [1.807, 2.05) is 47.7 Å². The van der Waals surface area contributed by atoms with E-state index in [1.54, 1.807) is 0 Å². The Bertz CT molecular complexity index is 3450. The molecule has 0 aliphatic carbocycles. The van der Waals surface area contributed by atoms with Gasteiger partial charge in [0, 0.05) is 82.2 Å². The van der Waals surface area contributed by atoms with Crippen molar-refractivity contribution in [3.05, 3.63) is 176 Å². The van der Waals surface area contributed by atoms with Crippen LogP contribution in [0.15, 0.2) is 185 Å². The number of anilines is 3. The second-order valence-electron chi connectivity index (χ2n) is 14.0. The van der Waals surface area contributed by atoms with Crippen molar-refractivity contribution in [1.82, 2.24) is 9.55 Å². The maximum absolute atomic E-state index is 6.63. The highest BCUT2D eigenvalue weighted by molar-refractivity contribution is 7.25. The third-order valence-corrected chi connectivity index (χ3v) is 11.9. The van der Waals surface area contributed by atoms with E-state index in [-0.39, 0.29) is 0 Å². The van der Waals surface area contributed by atoms with Crippen LogP contribution in [0.25, 0.3) is 92.2 Å². The second-order valence-corrected chi connectivity index (χ2v) is 15.1. The van der Waals surface area contributed by atoms with Crippen LogP contribution in [0.2, 0.25) is 0 Å². The maximum Gasteiger partial charge on any atom is 0.227 e. The van der Waals surface area contributed by atoms with Gasteiger partial charge in [0.25, 0.3) is 0 Å². The Balaban J connectivity index is 1.07. The third kappa shape index (κ3) is 4.68. The number of fused-ring (bicyclic) bond motifs is 10. The zero-order valence-corrected chi connectivity index (χ0v) is 30.1. The minimum atomic E-state index is 0.601. The number of para-hydroxylation sites is 2. The Morgan fingerprint density at radius 3 is 1.96 bits per heavy atom. The van der Waals surface area contributed by atoms with Crippen molar-refractivity contribution in [2.24, 2.45) is 0 Å². The summed E-state index contributed by atoms with van der Waals surface area (Å²) in [5, 5.41) is 6.98. The molecular weight excluding hydrogens is 695 g/mol. The fourth-order valence-corrected chi connectivity index (χ4v) is 9.37. The quantitative estimate of drug-likeness (QED) is 0.177. The van der Waals surface area contributed by atoms with Crippen LogP contribution < -0.4 is 4.90 Å². The molecule has 0 aliphatic rings. The average molecular weight is 724 g/mol. The van der Waals surface area contributed by atoms with Crippen LogP contribution in [-0.2, 0) is 0 Å². The van der Waals surface area contributed by atoms with Crippen molar-refractivity contribution in [2.75, 3.05) is 4.90 Å². The fourth-order valence-electron chi connectivity index (χ4n) is 8.28. The van der Waals surface area contributed by atoms with Gasteiger partial charge in [-0.2, -0.15) is 0 Å². The summed E-state index contributed by atoms with van der Waals surface area (Å²) in [6.07, 6.45) is 0. The number of aromatic nitrogens is 2. The summed E-state index contributed by atoms with van der Waals surface area (Å²) in [6, 6.07) is 62.2. The number of oxazole rings is 1. The van der Waals surface area contributed by atoms with Crippen molar-refractivity contribution in [2.45, 2.75) is 0 Å². The van der Waals surface area contributed by atoms with Crippen molar-refractivity contribution in [3.63, 3.8) is 0 Å². The van der Waals surface area contributed by atoms with Crippen molar-refractivity contribution in [1.29, 1.82) is 0 Å². The van der Waals surface area contributed by atoms with Crippen molar-refractivity contribution < 1.29 is 8.83 Å². The van der Waals surface area contributed by atoms with E-state index in [1.165, 1.54) is 36.5 Å². The number of furan rings is 1. The first-order valence-corrected chi connectivity index (χ1v) is 19.2. The maximum atomic E-state index is 6.63. The number of hydrogen-bond acceptors (Lipinski definition) is 5. The Morgan fingerprint density at radius 2 is 1.09 bits per heavy atom. The van der Waals surface area contributed by atoms with Crippen molar-refractivity contribution in [3.8, 4) is 17.1 Å². The van der Waals surface area contributed by atoms with Gasteiger partial charge in [-0.15, -0.1) is 11.3 Å². The van der Waals surface area contributed by atoms with Gasteiger partial charge in [-0.1, -0.05) is 78.9 Å². The van der Waals surface area contributed by atoms with E-state index in [2.05, 4.69) is 149 Å². The van der Waals surface area contributed by atoms with E-state index in [9.17, 15) is 0 Å². The average Bonchev–Trinajstić information content (AvgIpc) is 4.00. The third-order valence-electron chi connectivity index (χ3n) is 10.8. The number of rotatable bonds is 5. The lowest BCUT2D eigenvalue weighted by molar-refractivity contribution is 0.620. The van der Waals surface area contributed by atoms with Crippen LogP contribution in [0.4, 0.5) is 17.1 Å². The topological polar surface area (TPSA) is 47.3 Å². The zero-order chi connectivity index (χ0) is 36.0. The molecule has 12 aromatic rings. The molecule has 0 saturated heterocycles. The zero-order valence-electron chi connectivity index (χ0n) is 29.3. The molecule has 0 fully saturated rings. The lowest BCUT2D eigenvalue weighted by atomic mass is 10.1. The van der Waals surface area contributed by atoms with Gasteiger partial charge in [-0.3, -0.25) is 0 Å². The number of hydrogen-bond donors (Lipinski definition) is 0.